The van der Waals surface area contributed by atoms with Crippen LogP contribution in [-0.4, -0.2) is 59.6 Å². The molecule has 5 nitrogen and oxygen atoms in total. The van der Waals surface area contributed by atoms with Crippen molar-refractivity contribution in [3.8, 4) is 0 Å². The van der Waals surface area contributed by atoms with Crippen LogP contribution < -0.4 is 0 Å². The van der Waals surface area contributed by atoms with Crippen molar-refractivity contribution in [1.29, 1.82) is 0 Å². The summed E-state index contributed by atoms with van der Waals surface area (Å²) in [6, 6.07) is 0. The van der Waals surface area contributed by atoms with Gasteiger partial charge in [-0.2, -0.15) is 0 Å². The normalized spacial score (nSPS) is 23.6. The number of unbranched alkanes of at least 4 members (excludes halogenated alkanes) is 11. The first kappa shape index (κ1) is 25.6. The highest BCUT2D eigenvalue weighted by Gasteiger charge is 2.39. The molecule has 1 fully saturated rings. The molecule has 0 saturated carbocycles. The van der Waals surface area contributed by atoms with Crippen molar-refractivity contribution in [3.63, 3.8) is 0 Å². The van der Waals surface area contributed by atoms with E-state index in [4.69, 9.17) is 9.47 Å². The largest absolute Gasteiger partial charge is 0.388 e. The number of aliphatic hydroxyl groups excluding tert-OH is 3. The summed E-state index contributed by atoms with van der Waals surface area (Å²) in [5.41, 5.74) is 0. The maximum atomic E-state index is 9.93. The minimum Gasteiger partial charge on any atom is -0.388 e. The van der Waals surface area contributed by atoms with E-state index in [1.807, 2.05) is 0 Å². The minimum atomic E-state index is -1.03. The molecule has 4 atom stereocenters. The quantitative estimate of drug-likeness (QED) is 0.238. The third kappa shape index (κ3) is 12.2. The van der Waals surface area contributed by atoms with Gasteiger partial charge in [-0.3, -0.25) is 0 Å². The molecule has 166 valence electrons. The maximum Gasteiger partial charge on any atom is 0.114 e. The summed E-state index contributed by atoms with van der Waals surface area (Å²) in [7, 11) is 0. The van der Waals surface area contributed by atoms with E-state index in [1.165, 1.54) is 64.2 Å². The molecule has 28 heavy (non-hydrogen) atoms. The summed E-state index contributed by atoms with van der Waals surface area (Å²) in [5, 5.41) is 29.0. The van der Waals surface area contributed by atoms with Crippen LogP contribution in [0.3, 0.4) is 0 Å². The van der Waals surface area contributed by atoms with E-state index in [-0.39, 0.29) is 13.2 Å². The van der Waals surface area contributed by atoms with E-state index in [0.29, 0.717) is 6.61 Å². The van der Waals surface area contributed by atoms with Crippen LogP contribution in [0.25, 0.3) is 0 Å². The van der Waals surface area contributed by atoms with Gasteiger partial charge in [0, 0.05) is 6.61 Å². The molecular weight excluding hydrogens is 356 g/mol. The number of allylic oxidation sites excluding steroid dienone is 2. The van der Waals surface area contributed by atoms with Gasteiger partial charge < -0.3 is 24.8 Å². The molecule has 1 rings (SSSR count). The van der Waals surface area contributed by atoms with Gasteiger partial charge in [-0.1, -0.05) is 70.4 Å². The van der Waals surface area contributed by atoms with E-state index in [2.05, 4.69) is 19.1 Å². The lowest BCUT2D eigenvalue weighted by atomic mass is 10.1. The van der Waals surface area contributed by atoms with Crippen molar-refractivity contribution in [2.24, 2.45) is 0 Å². The van der Waals surface area contributed by atoms with Crippen LogP contribution in [0.15, 0.2) is 12.2 Å². The Morgan fingerprint density at radius 3 is 2.04 bits per heavy atom. The van der Waals surface area contributed by atoms with Crippen LogP contribution in [0.2, 0.25) is 0 Å². The second-order valence-electron chi connectivity index (χ2n) is 8.08. The predicted octanol–water partition coefficient (Wildman–Crippen LogP) is 4.13. The lowest BCUT2D eigenvalue weighted by Gasteiger charge is -2.20. The van der Waals surface area contributed by atoms with Gasteiger partial charge in [0.2, 0.25) is 0 Å². The third-order valence-corrected chi connectivity index (χ3v) is 5.41. The number of hydrogen-bond donors (Lipinski definition) is 3. The van der Waals surface area contributed by atoms with Crippen molar-refractivity contribution in [2.75, 3.05) is 19.8 Å². The molecule has 0 aliphatic carbocycles. The first-order valence-corrected chi connectivity index (χ1v) is 11.5. The molecule has 1 aliphatic rings. The summed E-state index contributed by atoms with van der Waals surface area (Å²) >= 11 is 0. The monoisotopic (exact) mass is 400 g/mol. The summed E-state index contributed by atoms with van der Waals surface area (Å²) in [5.74, 6) is 0. The highest BCUT2D eigenvalue weighted by Crippen LogP contribution is 2.18. The molecule has 0 aromatic carbocycles. The molecule has 0 aromatic heterocycles. The zero-order valence-corrected chi connectivity index (χ0v) is 17.9. The van der Waals surface area contributed by atoms with Gasteiger partial charge >= 0.3 is 0 Å². The number of hydrogen-bond acceptors (Lipinski definition) is 5. The SMILES string of the molecule is CCCCCCCCCCC/C=C/CCCCOC[C@@H](O)[C@H]1OC[C@H](O)[C@H]1O. The van der Waals surface area contributed by atoms with E-state index in [1.54, 1.807) is 0 Å². The zero-order valence-electron chi connectivity index (χ0n) is 17.9. The molecule has 0 amide bonds. The van der Waals surface area contributed by atoms with Gasteiger partial charge in [-0.05, 0) is 32.1 Å². The second-order valence-corrected chi connectivity index (χ2v) is 8.08. The molecule has 0 radical (unpaired) electrons. The van der Waals surface area contributed by atoms with Crippen LogP contribution >= 0.6 is 0 Å². The van der Waals surface area contributed by atoms with Crippen molar-refractivity contribution in [3.05, 3.63) is 12.2 Å². The summed E-state index contributed by atoms with van der Waals surface area (Å²) in [6.07, 6.45) is 17.6. The first-order chi connectivity index (χ1) is 13.7. The fraction of sp³-hybridized carbons (Fsp3) is 0.913. The Kier molecular flexibility index (Phi) is 15.9. The Hall–Kier alpha value is -0.460. The number of ether oxygens (including phenoxy) is 2. The number of rotatable bonds is 18. The summed E-state index contributed by atoms with van der Waals surface area (Å²) < 4.78 is 10.6. The highest BCUT2D eigenvalue weighted by molar-refractivity contribution is 4.87. The third-order valence-electron chi connectivity index (χ3n) is 5.41. The van der Waals surface area contributed by atoms with Crippen LogP contribution in [0.4, 0.5) is 0 Å². The zero-order chi connectivity index (χ0) is 20.5. The maximum absolute atomic E-state index is 9.93. The van der Waals surface area contributed by atoms with Crippen LogP contribution in [-0.2, 0) is 9.47 Å². The summed E-state index contributed by atoms with van der Waals surface area (Å²) in [4.78, 5) is 0. The van der Waals surface area contributed by atoms with E-state index in [9.17, 15) is 15.3 Å². The van der Waals surface area contributed by atoms with Gasteiger partial charge in [-0.25, -0.2) is 0 Å². The van der Waals surface area contributed by atoms with Crippen LogP contribution in [0.5, 0.6) is 0 Å². The molecule has 1 aliphatic heterocycles. The van der Waals surface area contributed by atoms with Crippen molar-refractivity contribution in [2.45, 2.75) is 115 Å². The molecule has 1 heterocycles. The van der Waals surface area contributed by atoms with E-state index >= 15 is 0 Å². The van der Waals surface area contributed by atoms with Gasteiger partial charge in [0.25, 0.3) is 0 Å². The average molecular weight is 401 g/mol. The second kappa shape index (κ2) is 17.4. The number of aliphatic hydroxyl groups is 3. The Morgan fingerprint density at radius 2 is 1.46 bits per heavy atom. The molecule has 5 heteroatoms. The van der Waals surface area contributed by atoms with Gasteiger partial charge in [0.1, 0.15) is 24.4 Å². The first-order valence-electron chi connectivity index (χ1n) is 11.5. The minimum absolute atomic E-state index is 0.0638. The lowest BCUT2D eigenvalue weighted by molar-refractivity contribution is -0.0813. The van der Waals surface area contributed by atoms with Crippen LogP contribution in [0, 0.1) is 0 Å². The molecule has 3 N–H and O–H groups in total. The predicted molar refractivity (Wildman–Crippen MR) is 113 cm³/mol. The van der Waals surface area contributed by atoms with Crippen molar-refractivity contribution < 1.29 is 24.8 Å². The fourth-order valence-electron chi connectivity index (χ4n) is 3.54. The standard InChI is InChI=1S/C23H44O5/c1-2-3-4-5-6-7-8-9-10-11-12-13-14-15-16-17-27-18-21(25)23-22(26)20(24)19-28-23/h12-13,20-26H,2-11,14-19H2,1H3/b13-12+/t20-,21+,22+,23+/m0/s1. The molecule has 0 unspecified atom stereocenters. The molecular formula is C23H44O5. The topological polar surface area (TPSA) is 79.2 Å². The Labute approximate surface area is 172 Å². The van der Waals surface area contributed by atoms with Crippen molar-refractivity contribution in [1.82, 2.24) is 0 Å². The van der Waals surface area contributed by atoms with Crippen LogP contribution in [0.1, 0.15) is 90.4 Å². The molecule has 1 saturated heterocycles. The smallest absolute Gasteiger partial charge is 0.114 e. The Morgan fingerprint density at radius 1 is 0.893 bits per heavy atom. The molecule has 0 bridgehead atoms. The van der Waals surface area contributed by atoms with E-state index < -0.39 is 24.4 Å². The summed E-state index contributed by atoms with van der Waals surface area (Å²) in [6.45, 7) is 3.05. The van der Waals surface area contributed by atoms with E-state index in [0.717, 1.165) is 19.3 Å². The molecule has 0 spiro atoms. The Bertz CT molecular complexity index is 374. The fourth-order valence-corrected chi connectivity index (χ4v) is 3.54. The average Bonchev–Trinajstić information content (AvgIpc) is 3.03. The Balaban J connectivity index is 1.81. The lowest BCUT2D eigenvalue weighted by Crippen LogP contribution is -2.40. The van der Waals surface area contributed by atoms with Gasteiger partial charge in [0.15, 0.2) is 0 Å². The van der Waals surface area contributed by atoms with Gasteiger partial charge in [0.05, 0.1) is 13.2 Å². The van der Waals surface area contributed by atoms with Gasteiger partial charge in [-0.15, -0.1) is 0 Å². The highest BCUT2D eigenvalue weighted by atomic mass is 16.5. The molecule has 0 aromatic rings. The van der Waals surface area contributed by atoms with Crippen molar-refractivity contribution >= 4 is 0 Å².